The summed E-state index contributed by atoms with van der Waals surface area (Å²) in [5, 5.41) is 21.9. The van der Waals surface area contributed by atoms with Gasteiger partial charge in [0.2, 0.25) is 0 Å². The van der Waals surface area contributed by atoms with Gasteiger partial charge >= 0.3 is 0 Å². The van der Waals surface area contributed by atoms with E-state index in [1.54, 1.807) is 13.2 Å². The van der Waals surface area contributed by atoms with Gasteiger partial charge in [-0.3, -0.25) is 0 Å². The molecule has 1 aromatic rings. The van der Waals surface area contributed by atoms with Crippen LogP contribution < -0.4 is 4.74 Å². The first-order valence-electron chi connectivity index (χ1n) is 15.8. The van der Waals surface area contributed by atoms with E-state index in [9.17, 15) is 10.2 Å². The molecule has 0 saturated carbocycles. The van der Waals surface area contributed by atoms with E-state index in [1.165, 1.54) is 0 Å². The van der Waals surface area contributed by atoms with Gasteiger partial charge in [-0.15, -0.1) is 6.58 Å². The second-order valence-electron chi connectivity index (χ2n) is 15.7. The van der Waals surface area contributed by atoms with Crippen LogP contribution in [0.15, 0.2) is 36.9 Å². The minimum Gasteiger partial charge on any atom is -0.497 e. The topological polar surface area (TPSA) is 89.9 Å². The molecule has 1 aliphatic heterocycles. The molecule has 1 saturated heterocycles. The molecular formula is C34H62O7Si2. The Labute approximate surface area is 264 Å². The van der Waals surface area contributed by atoms with E-state index >= 15 is 0 Å². The average Bonchev–Trinajstić information content (AvgIpc) is 3.60. The molecule has 0 unspecified atom stereocenters. The van der Waals surface area contributed by atoms with Crippen LogP contribution >= 0.6 is 0 Å². The SMILES string of the molecule is C=C[C@H](CO)[C@H](O)[C@H](CO[Si](C)(C)C(C)(C)C)[C@H](O[Si](C)(C)C(C)(C)C)[C@@]1(C)O[C@@H]1[C@@H](C)COCc1ccc(OC)cc1. The van der Waals surface area contributed by atoms with Crippen LogP contribution in [0.1, 0.15) is 61.0 Å². The molecule has 2 rings (SSSR count). The Hall–Kier alpha value is -1.05. The molecule has 0 aromatic heterocycles. The second-order valence-corrected chi connectivity index (χ2v) is 25.2. The molecule has 9 heteroatoms. The number of rotatable bonds is 17. The first-order chi connectivity index (χ1) is 19.6. The van der Waals surface area contributed by atoms with Crippen molar-refractivity contribution in [2.24, 2.45) is 17.8 Å². The molecule has 7 atom stereocenters. The van der Waals surface area contributed by atoms with Crippen molar-refractivity contribution in [2.45, 2.75) is 122 Å². The maximum absolute atomic E-state index is 11.8. The molecule has 1 aromatic carbocycles. The summed E-state index contributed by atoms with van der Waals surface area (Å²) < 4.78 is 31.9. The summed E-state index contributed by atoms with van der Waals surface area (Å²) in [6.07, 6.45) is 0.162. The molecule has 7 nitrogen and oxygen atoms in total. The highest BCUT2D eigenvalue weighted by atomic mass is 28.4. The van der Waals surface area contributed by atoms with Crippen molar-refractivity contribution in [3.05, 3.63) is 42.5 Å². The number of benzene rings is 1. The number of aliphatic hydroxyl groups excluding tert-OH is 2. The average molecular weight is 639 g/mol. The van der Waals surface area contributed by atoms with E-state index in [-0.39, 0.29) is 28.7 Å². The number of hydrogen-bond acceptors (Lipinski definition) is 7. The predicted molar refractivity (Wildman–Crippen MR) is 181 cm³/mol. The third-order valence-corrected chi connectivity index (χ3v) is 19.2. The fraction of sp³-hybridized carbons (Fsp3) is 0.765. The van der Waals surface area contributed by atoms with Crippen molar-refractivity contribution >= 4 is 16.6 Å². The summed E-state index contributed by atoms with van der Waals surface area (Å²) in [5.41, 5.74) is 0.430. The number of methoxy groups -OCH3 is 1. The number of hydrogen-bond donors (Lipinski definition) is 2. The molecule has 2 N–H and O–H groups in total. The predicted octanol–water partition coefficient (Wildman–Crippen LogP) is 7.19. The Morgan fingerprint density at radius 3 is 2.02 bits per heavy atom. The van der Waals surface area contributed by atoms with Crippen LogP contribution in [-0.4, -0.2) is 77.7 Å². The highest BCUT2D eigenvalue weighted by Crippen LogP contribution is 2.51. The third-order valence-electron chi connectivity index (χ3n) is 10.2. The van der Waals surface area contributed by atoms with Crippen molar-refractivity contribution in [1.82, 2.24) is 0 Å². The Kier molecular flexibility index (Phi) is 12.9. The summed E-state index contributed by atoms with van der Waals surface area (Å²) in [7, 11) is -2.82. The maximum atomic E-state index is 11.8. The van der Waals surface area contributed by atoms with Gasteiger partial charge in [0, 0.05) is 24.4 Å². The van der Waals surface area contributed by atoms with Crippen LogP contribution in [0.3, 0.4) is 0 Å². The van der Waals surface area contributed by atoms with E-state index in [0.717, 1.165) is 11.3 Å². The first kappa shape index (κ1) is 38.1. The Morgan fingerprint density at radius 2 is 1.56 bits per heavy atom. The van der Waals surface area contributed by atoms with Gasteiger partial charge in [0.1, 0.15) is 11.4 Å². The van der Waals surface area contributed by atoms with Crippen molar-refractivity contribution in [3.63, 3.8) is 0 Å². The van der Waals surface area contributed by atoms with E-state index in [2.05, 4.69) is 88.2 Å². The molecule has 43 heavy (non-hydrogen) atoms. The van der Waals surface area contributed by atoms with E-state index in [0.29, 0.717) is 19.8 Å². The lowest BCUT2D eigenvalue weighted by Crippen LogP contribution is -2.56. The fourth-order valence-corrected chi connectivity index (χ4v) is 7.41. The van der Waals surface area contributed by atoms with Crippen LogP contribution in [0.5, 0.6) is 5.75 Å². The first-order valence-corrected chi connectivity index (χ1v) is 21.6. The largest absolute Gasteiger partial charge is 0.497 e. The summed E-state index contributed by atoms with van der Waals surface area (Å²) in [6.45, 7) is 31.5. The zero-order valence-electron chi connectivity index (χ0n) is 29.3. The highest BCUT2D eigenvalue weighted by molar-refractivity contribution is 6.74. The summed E-state index contributed by atoms with van der Waals surface area (Å²) in [5.74, 6) is -0.0208. The van der Waals surface area contributed by atoms with Crippen LogP contribution in [0.2, 0.25) is 36.3 Å². The van der Waals surface area contributed by atoms with Gasteiger partial charge in [-0.2, -0.15) is 0 Å². The molecule has 0 bridgehead atoms. The summed E-state index contributed by atoms with van der Waals surface area (Å²) in [6, 6.07) is 7.89. The van der Waals surface area contributed by atoms with Crippen LogP contribution in [0.4, 0.5) is 0 Å². The second kappa shape index (κ2) is 14.6. The molecule has 248 valence electrons. The van der Waals surface area contributed by atoms with Gasteiger partial charge in [0.25, 0.3) is 0 Å². The lowest BCUT2D eigenvalue weighted by molar-refractivity contribution is -0.0597. The number of aliphatic hydroxyl groups is 2. The molecule has 0 aliphatic carbocycles. The van der Waals surface area contributed by atoms with Crippen molar-refractivity contribution in [1.29, 1.82) is 0 Å². The van der Waals surface area contributed by atoms with Gasteiger partial charge in [-0.25, -0.2) is 0 Å². The highest BCUT2D eigenvalue weighted by Gasteiger charge is 2.64. The zero-order chi connectivity index (χ0) is 33.0. The zero-order valence-corrected chi connectivity index (χ0v) is 31.3. The molecular weight excluding hydrogens is 577 g/mol. The van der Waals surface area contributed by atoms with Gasteiger partial charge < -0.3 is 33.3 Å². The Balaban J connectivity index is 2.37. The summed E-state index contributed by atoms with van der Waals surface area (Å²) >= 11 is 0. The normalized spacial score (nSPS) is 23.3. The smallest absolute Gasteiger partial charge is 0.192 e. The van der Waals surface area contributed by atoms with Crippen molar-refractivity contribution in [2.75, 3.05) is 26.9 Å². The molecule has 0 radical (unpaired) electrons. The summed E-state index contributed by atoms with van der Waals surface area (Å²) in [4.78, 5) is 0. The quantitative estimate of drug-likeness (QED) is 0.106. The fourth-order valence-electron chi connectivity index (χ4n) is 4.97. The van der Waals surface area contributed by atoms with Gasteiger partial charge in [-0.05, 0) is 60.9 Å². The third kappa shape index (κ3) is 9.48. The minimum atomic E-state index is -2.32. The maximum Gasteiger partial charge on any atom is 0.192 e. The number of ether oxygens (including phenoxy) is 3. The van der Waals surface area contributed by atoms with Crippen molar-refractivity contribution < 1.29 is 33.3 Å². The lowest BCUT2D eigenvalue weighted by atomic mass is 9.80. The van der Waals surface area contributed by atoms with E-state index < -0.39 is 46.3 Å². The lowest BCUT2D eigenvalue weighted by Gasteiger charge is -2.46. The van der Waals surface area contributed by atoms with Crippen LogP contribution in [0.25, 0.3) is 0 Å². The van der Waals surface area contributed by atoms with Gasteiger partial charge in [-0.1, -0.05) is 66.7 Å². The molecule has 0 spiro atoms. The molecule has 1 fully saturated rings. The Bertz CT molecular complexity index is 1020. The van der Waals surface area contributed by atoms with Crippen LogP contribution in [0, 0.1) is 17.8 Å². The van der Waals surface area contributed by atoms with E-state index in [4.69, 9.17) is 23.1 Å². The van der Waals surface area contributed by atoms with Crippen molar-refractivity contribution in [3.8, 4) is 5.75 Å². The molecule has 0 amide bonds. The molecule has 1 aliphatic rings. The molecule has 1 heterocycles. The standard InChI is InChI=1S/C34H62O7Si2/c1-15-26(20-35)29(36)28(23-39-42(11,12)32(3,4)5)31(41-43(13,14)33(6,7)8)34(9)30(40-34)24(2)21-38-22-25-16-18-27(37-10)19-17-25/h15-19,24,26,28-31,35-36H,1,20-23H2,2-14H3/t24-,26+,28-,29-,30+,31-,34-/m0/s1. The van der Waals surface area contributed by atoms with Crippen LogP contribution in [-0.2, 0) is 24.9 Å². The van der Waals surface area contributed by atoms with E-state index in [1.807, 2.05) is 24.3 Å². The Morgan fingerprint density at radius 1 is 1.00 bits per heavy atom. The number of epoxide rings is 1. The van der Waals surface area contributed by atoms with Gasteiger partial charge in [0.15, 0.2) is 16.6 Å². The van der Waals surface area contributed by atoms with Gasteiger partial charge in [0.05, 0.1) is 45.2 Å². The minimum absolute atomic E-state index is 0.00532. The monoisotopic (exact) mass is 638 g/mol.